The highest BCUT2D eigenvalue weighted by Crippen LogP contribution is 2.21. The van der Waals surface area contributed by atoms with E-state index in [9.17, 15) is 9.18 Å². The van der Waals surface area contributed by atoms with Crippen molar-refractivity contribution in [3.8, 4) is 11.4 Å². The molecule has 4 rings (SSSR count). The van der Waals surface area contributed by atoms with Gasteiger partial charge in [-0.05, 0) is 61.0 Å². The second-order valence-corrected chi connectivity index (χ2v) is 6.62. The monoisotopic (exact) mass is 402 g/mol. The van der Waals surface area contributed by atoms with Crippen LogP contribution in [-0.2, 0) is 0 Å². The van der Waals surface area contributed by atoms with E-state index in [1.807, 2.05) is 37.4 Å². The van der Waals surface area contributed by atoms with E-state index in [1.54, 1.807) is 36.5 Å². The van der Waals surface area contributed by atoms with Gasteiger partial charge in [0.25, 0.3) is 0 Å². The number of amides is 2. The summed E-state index contributed by atoms with van der Waals surface area (Å²) in [5.74, 6) is -0.0733. The van der Waals surface area contributed by atoms with Gasteiger partial charge in [0.15, 0.2) is 0 Å². The van der Waals surface area contributed by atoms with Crippen LogP contribution >= 0.6 is 0 Å². The van der Waals surface area contributed by atoms with Crippen LogP contribution in [0.5, 0.6) is 0 Å². The zero-order valence-corrected chi connectivity index (χ0v) is 16.1. The molecular weight excluding hydrogens is 383 g/mol. The number of urea groups is 1. The molecule has 0 atom stereocenters. The summed E-state index contributed by atoms with van der Waals surface area (Å²) >= 11 is 0. The van der Waals surface area contributed by atoms with E-state index < -0.39 is 11.8 Å². The number of carbonyl (C=O) groups is 1. The van der Waals surface area contributed by atoms with Crippen molar-refractivity contribution in [1.29, 1.82) is 0 Å². The number of anilines is 4. The number of hydrogen-bond donors (Lipinski definition) is 4. The molecule has 2 aromatic heterocycles. The van der Waals surface area contributed by atoms with Crippen LogP contribution in [0, 0.1) is 12.7 Å². The van der Waals surface area contributed by atoms with Crippen LogP contribution in [0.25, 0.3) is 11.4 Å². The number of rotatable bonds is 5. The van der Waals surface area contributed by atoms with Crippen LogP contribution in [0.1, 0.15) is 5.56 Å². The third kappa shape index (κ3) is 4.61. The molecule has 150 valence electrons. The summed E-state index contributed by atoms with van der Waals surface area (Å²) in [4.78, 5) is 24.1. The second-order valence-electron chi connectivity index (χ2n) is 6.62. The van der Waals surface area contributed by atoms with E-state index in [0.29, 0.717) is 17.3 Å². The molecule has 0 radical (unpaired) electrons. The van der Waals surface area contributed by atoms with E-state index >= 15 is 0 Å². The number of nitrogens with one attached hydrogen (secondary N) is 4. The molecule has 0 aliphatic rings. The molecule has 0 bridgehead atoms. The van der Waals surface area contributed by atoms with Crippen molar-refractivity contribution in [2.45, 2.75) is 6.92 Å². The van der Waals surface area contributed by atoms with Crippen molar-refractivity contribution in [1.82, 2.24) is 15.0 Å². The summed E-state index contributed by atoms with van der Waals surface area (Å²) < 4.78 is 13.8. The highest BCUT2D eigenvalue weighted by atomic mass is 19.1. The summed E-state index contributed by atoms with van der Waals surface area (Å²) in [7, 11) is 0. The normalized spacial score (nSPS) is 10.5. The van der Waals surface area contributed by atoms with Crippen molar-refractivity contribution in [2.75, 3.05) is 16.0 Å². The molecule has 2 heterocycles. The van der Waals surface area contributed by atoms with Crippen LogP contribution in [0.2, 0.25) is 0 Å². The summed E-state index contributed by atoms with van der Waals surface area (Å²) in [6.45, 7) is 1.82. The van der Waals surface area contributed by atoms with E-state index in [-0.39, 0.29) is 5.69 Å². The number of aryl methyl sites for hydroxylation is 1. The van der Waals surface area contributed by atoms with Gasteiger partial charge in [0.2, 0.25) is 5.95 Å². The van der Waals surface area contributed by atoms with Gasteiger partial charge in [0.05, 0.1) is 17.1 Å². The Morgan fingerprint density at radius 2 is 1.87 bits per heavy atom. The lowest BCUT2D eigenvalue weighted by Crippen LogP contribution is -2.20. The summed E-state index contributed by atoms with van der Waals surface area (Å²) in [5.41, 5.74) is 3.84. The minimum absolute atomic E-state index is 0.122. The van der Waals surface area contributed by atoms with E-state index in [2.05, 4.69) is 30.9 Å². The van der Waals surface area contributed by atoms with Crippen molar-refractivity contribution in [3.63, 3.8) is 0 Å². The minimum Gasteiger partial charge on any atom is -0.360 e. The predicted molar refractivity (Wildman–Crippen MR) is 115 cm³/mol. The Balaban J connectivity index is 1.45. The fraction of sp³-hybridized carbons (Fsp3) is 0.0455. The van der Waals surface area contributed by atoms with Gasteiger partial charge in [-0.2, -0.15) is 0 Å². The van der Waals surface area contributed by atoms with Gasteiger partial charge < -0.3 is 20.9 Å². The Hall–Kier alpha value is -4.20. The molecule has 0 saturated heterocycles. The van der Waals surface area contributed by atoms with Crippen LogP contribution in [0.4, 0.5) is 32.2 Å². The standard InChI is InChI=1S/C22H19FN6O/c1-14-7-8-17(23)20(12-14)29-22(30)27-16-5-2-4-15(13-16)26-21-25-11-9-19(28-21)18-6-3-10-24-18/h2-13,24H,1H3,(H,25,26,28)(H2,27,29,30). The number of aromatic amines is 1. The molecule has 0 saturated carbocycles. The number of aromatic nitrogens is 3. The second kappa shape index (κ2) is 8.44. The van der Waals surface area contributed by atoms with Gasteiger partial charge >= 0.3 is 6.03 Å². The van der Waals surface area contributed by atoms with Gasteiger partial charge in [-0.3, -0.25) is 0 Å². The van der Waals surface area contributed by atoms with Crippen LogP contribution in [0.15, 0.2) is 73.1 Å². The lowest BCUT2D eigenvalue weighted by Gasteiger charge is -2.11. The van der Waals surface area contributed by atoms with Gasteiger partial charge in [-0.25, -0.2) is 19.2 Å². The molecule has 8 heteroatoms. The zero-order chi connectivity index (χ0) is 20.9. The van der Waals surface area contributed by atoms with E-state index in [0.717, 1.165) is 17.0 Å². The smallest absolute Gasteiger partial charge is 0.323 e. The quantitative estimate of drug-likeness (QED) is 0.364. The molecule has 4 aromatic rings. The molecular formula is C22H19FN6O. The highest BCUT2D eigenvalue weighted by molar-refractivity contribution is 6.00. The molecule has 0 spiro atoms. The van der Waals surface area contributed by atoms with Crippen LogP contribution in [-0.4, -0.2) is 21.0 Å². The van der Waals surface area contributed by atoms with Gasteiger partial charge in [-0.15, -0.1) is 0 Å². The fourth-order valence-electron chi connectivity index (χ4n) is 2.88. The number of halogens is 1. The molecule has 0 aliphatic heterocycles. The highest BCUT2D eigenvalue weighted by Gasteiger charge is 2.08. The first-order chi connectivity index (χ1) is 14.6. The SMILES string of the molecule is Cc1ccc(F)c(NC(=O)Nc2cccc(Nc3nccc(-c4ccc[nH]4)n3)c2)c1. The first-order valence-electron chi connectivity index (χ1n) is 9.25. The molecule has 0 fully saturated rings. The van der Waals surface area contributed by atoms with Crippen molar-refractivity contribution < 1.29 is 9.18 Å². The van der Waals surface area contributed by atoms with Crippen molar-refractivity contribution in [3.05, 3.63) is 84.4 Å². The fourth-order valence-corrected chi connectivity index (χ4v) is 2.88. The molecule has 2 aromatic carbocycles. The molecule has 0 unspecified atom stereocenters. The van der Waals surface area contributed by atoms with Gasteiger partial charge in [0, 0.05) is 23.8 Å². The molecule has 2 amide bonds. The average Bonchev–Trinajstić information content (AvgIpc) is 3.26. The Bertz CT molecular complexity index is 1180. The largest absolute Gasteiger partial charge is 0.360 e. The third-order valence-corrected chi connectivity index (χ3v) is 4.28. The van der Waals surface area contributed by atoms with Gasteiger partial charge in [0.1, 0.15) is 5.82 Å². The molecule has 7 nitrogen and oxygen atoms in total. The molecule has 4 N–H and O–H groups in total. The van der Waals surface area contributed by atoms with Gasteiger partial charge in [-0.1, -0.05) is 12.1 Å². The topological polar surface area (TPSA) is 94.7 Å². The summed E-state index contributed by atoms with van der Waals surface area (Å²) in [5, 5.41) is 8.33. The third-order valence-electron chi connectivity index (χ3n) is 4.28. The number of H-pyrrole nitrogens is 1. The average molecular weight is 402 g/mol. The maximum Gasteiger partial charge on any atom is 0.323 e. The number of hydrogen-bond acceptors (Lipinski definition) is 4. The Kier molecular flexibility index (Phi) is 5.38. The summed E-state index contributed by atoms with van der Waals surface area (Å²) in [6, 6.07) is 16.7. The maximum atomic E-state index is 13.8. The number of nitrogens with zero attached hydrogens (tertiary/aromatic N) is 2. The maximum absolute atomic E-state index is 13.8. The number of benzene rings is 2. The first-order valence-corrected chi connectivity index (χ1v) is 9.25. The first kappa shape index (κ1) is 19.1. The van der Waals surface area contributed by atoms with Crippen LogP contribution < -0.4 is 16.0 Å². The lowest BCUT2D eigenvalue weighted by atomic mass is 10.2. The number of carbonyl (C=O) groups excluding carboxylic acids is 1. The Morgan fingerprint density at radius 3 is 2.70 bits per heavy atom. The Morgan fingerprint density at radius 1 is 1.00 bits per heavy atom. The van der Waals surface area contributed by atoms with Crippen LogP contribution in [0.3, 0.4) is 0 Å². The lowest BCUT2D eigenvalue weighted by molar-refractivity contribution is 0.262. The van der Waals surface area contributed by atoms with E-state index in [4.69, 9.17) is 0 Å². The molecule has 30 heavy (non-hydrogen) atoms. The summed E-state index contributed by atoms with van der Waals surface area (Å²) in [6.07, 6.45) is 3.49. The minimum atomic E-state index is -0.540. The van der Waals surface area contributed by atoms with Crippen molar-refractivity contribution in [2.24, 2.45) is 0 Å². The van der Waals surface area contributed by atoms with Crippen molar-refractivity contribution >= 4 is 29.0 Å². The Labute approximate surface area is 172 Å². The molecule has 0 aliphatic carbocycles. The zero-order valence-electron chi connectivity index (χ0n) is 16.1. The van der Waals surface area contributed by atoms with E-state index in [1.165, 1.54) is 6.07 Å². The predicted octanol–water partition coefficient (Wildman–Crippen LogP) is 5.31.